The molecule has 1 aliphatic rings. The predicted octanol–water partition coefficient (Wildman–Crippen LogP) is 6.23. The molecule has 0 spiro atoms. The summed E-state index contributed by atoms with van der Waals surface area (Å²) in [4.78, 5) is 27.3. The van der Waals surface area contributed by atoms with Crippen molar-refractivity contribution >= 4 is 46.3 Å². The van der Waals surface area contributed by atoms with Crippen LogP contribution in [0.4, 0.5) is 26.3 Å². The number of unbranched alkanes of at least 4 members (excludes halogenated alkanes) is 2. The van der Waals surface area contributed by atoms with Gasteiger partial charge in [0.15, 0.2) is 0 Å². The summed E-state index contributed by atoms with van der Waals surface area (Å²) in [7, 11) is 0. The van der Waals surface area contributed by atoms with Gasteiger partial charge in [-0.15, -0.1) is 0 Å². The monoisotopic (exact) mass is 538 g/mol. The third kappa shape index (κ3) is 6.84. The first-order chi connectivity index (χ1) is 16.3. The molecule has 2 aromatic heterocycles. The highest BCUT2D eigenvalue weighted by molar-refractivity contribution is 8.26. The lowest BCUT2D eigenvalue weighted by Crippen LogP contribution is -2.29. The maximum absolute atomic E-state index is 13.1. The van der Waals surface area contributed by atoms with Gasteiger partial charge >= 0.3 is 18.3 Å². The molecule has 0 aliphatic carbocycles. The summed E-state index contributed by atoms with van der Waals surface area (Å²) in [6.45, 7) is 0.280. The summed E-state index contributed by atoms with van der Waals surface area (Å²) in [5.74, 6) is -1.59. The third-order valence-electron chi connectivity index (χ3n) is 4.74. The largest absolute Gasteiger partial charge is 0.481 e. The van der Waals surface area contributed by atoms with Crippen LogP contribution in [-0.4, -0.2) is 37.7 Å². The van der Waals surface area contributed by atoms with Crippen LogP contribution in [0, 0.1) is 0 Å². The van der Waals surface area contributed by atoms with Gasteiger partial charge in [0.1, 0.15) is 27.2 Å². The molecule has 1 N–H and O–H groups in total. The number of nitrogens with zero attached hydrogens (tertiary/aromatic N) is 2. The van der Waals surface area contributed by atoms with Crippen molar-refractivity contribution in [3.05, 3.63) is 46.3 Å². The smallest absolute Gasteiger partial charge is 0.433 e. The average molecular weight is 538 g/mol. The summed E-state index contributed by atoms with van der Waals surface area (Å²) in [6.07, 6.45) is -7.33. The molecule has 1 amide bonds. The van der Waals surface area contributed by atoms with E-state index >= 15 is 0 Å². The van der Waals surface area contributed by atoms with Crippen molar-refractivity contribution in [3.63, 3.8) is 0 Å². The molecule has 1 saturated heterocycles. The van der Waals surface area contributed by atoms with E-state index in [1.165, 1.54) is 23.1 Å². The zero-order valence-electron chi connectivity index (χ0n) is 17.6. The summed E-state index contributed by atoms with van der Waals surface area (Å²) in [6, 6.07) is 3.38. The lowest BCUT2D eigenvalue weighted by Gasteiger charge is -2.13. The first-order valence-electron chi connectivity index (χ1n) is 9.99. The number of rotatable bonds is 8. The van der Waals surface area contributed by atoms with Gasteiger partial charge in [0.25, 0.3) is 5.91 Å². The summed E-state index contributed by atoms with van der Waals surface area (Å²) in [5, 5.41) is 8.65. The van der Waals surface area contributed by atoms with E-state index in [0.717, 1.165) is 11.8 Å². The van der Waals surface area contributed by atoms with Crippen LogP contribution in [0.25, 0.3) is 17.4 Å². The van der Waals surface area contributed by atoms with Gasteiger partial charge in [-0.3, -0.25) is 14.5 Å². The van der Waals surface area contributed by atoms with Crippen LogP contribution in [0.5, 0.6) is 0 Å². The molecular weight excluding hydrogens is 522 g/mol. The molecule has 0 radical (unpaired) electrons. The van der Waals surface area contributed by atoms with Crippen LogP contribution in [0.15, 0.2) is 33.6 Å². The van der Waals surface area contributed by atoms with Gasteiger partial charge < -0.3 is 9.52 Å². The molecule has 188 valence electrons. The first-order valence-corrected chi connectivity index (χ1v) is 11.2. The zero-order valence-corrected chi connectivity index (χ0v) is 19.2. The van der Waals surface area contributed by atoms with Gasteiger partial charge in [0, 0.05) is 24.6 Å². The maximum atomic E-state index is 13.1. The van der Waals surface area contributed by atoms with Crippen LogP contribution in [0.2, 0.25) is 0 Å². The zero-order chi connectivity index (χ0) is 26.0. The second-order valence-electron chi connectivity index (χ2n) is 7.36. The van der Waals surface area contributed by atoms with Crippen LogP contribution in [0.1, 0.15) is 42.8 Å². The standard InChI is InChI=1S/C21H16F6N2O4S2/c22-20(23,24)15-8-11(9-16(28-15)21(25,26)27)13-6-5-12(33-13)10-14-18(32)29(19(34)35-14)7-3-1-2-4-17(30)31/h5-6,8-10H,1-4,7H2,(H,30,31)/b14-10-. The Morgan fingerprint density at radius 3 is 2.29 bits per heavy atom. The number of carboxylic acids is 1. The molecule has 6 nitrogen and oxygen atoms in total. The quantitative estimate of drug-likeness (QED) is 0.185. The highest BCUT2D eigenvalue weighted by Crippen LogP contribution is 2.38. The Labute approximate surface area is 204 Å². The molecule has 0 saturated carbocycles. The Morgan fingerprint density at radius 2 is 1.71 bits per heavy atom. The third-order valence-corrected chi connectivity index (χ3v) is 6.11. The van der Waals surface area contributed by atoms with Crippen LogP contribution in [0.3, 0.4) is 0 Å². The molecule has 0 unspecified atom stereocenters. The highest BCUT2D eigenvalue weighted by Gasteiger charge is 2.39. The van der Waals surface area contributed by atoms with Gasteiger partial charge in [-0.25, -0.2) is 4.98 Å². The van der Waals surface area contributed by atoms with Crippen molar-refractivity contribution in [2.75, 3.05) is 6.54 Å². The number of amides is 1. The van der Waals surface area contributed by atoms with Crippen LogP contribution < -0.4 is 0 Å². The number of thiocarbonyl (C=S) groups is 1. The molecule has 1 aliphatic heterocycles. The Hall–Kier alpha value is -2.87. The van der Waals surface area contributed by atoms with Crippen molar-refractivity contribution in [3.8, 4) is 11.3 Å². The van der Waals surface area contributed by atoms with Crippen molar-refractivity contribution < 1.29 is 45.5 Å². The number of hydrogen-bond acceptors (Lipinski definition) is 6. The number of thioether (sulfide) groups is 1. The molecule has 35 heavy (non-hydrogen) atoms. The molecule has 3 heterocycles. The summed E-state index contributed by atoms with van der Waals surface area (Å²) >= 11 is 6.16. The number of aliphatic carboxylic acids is 1. The molecule has 0 atom stereocenters. The SMILES string of the molecule is O=C(O)CCCCCN1C(=O)/C(=C/c2ccc(-c3cc(C(F)(F)F)nc(C(F)(F)F)c3)o2)SC1=S. The van der Waals surface area contributed by atoms with E-state index in [4.69, 9.17) is 21.7 Å². The predicted molar refractivity (Wildman–Crippen MR) is 118 cm³/mol. The topological polar surface area (TPSA) is 83.6 Å². The minimum atomic E-state index is -5.10. The molecule has 0 aromatic carbocycles. The van der Waals surface area contributed by atoms with E-state index in [1.807, 2.05) is 0 Å². The number of carbonyl (C=O) groups is 2. The van der Waals surface area contributed by atoms with Gasteiger partial charge in [0.2, 0.25) is 0 Å². The van der Waals surface area contributed by atoms with Crippen molar-refractivity contribution in [2.24, 2.45) is 0 Å². The summed E-state index contributed by atoms with van der Waals surface area (Å²) in [5.41, 5.74) is -3.91. The lowest BCUT2D eigenvalue weighted by molar-refractivity contribution is -0.150. The molecule has 2 aromatic rings. The van der Waals surface area contributed by atoms with E-state index in [1.54, 1.807) is 0 Å². The van der Waals surface area contributed by atoms with E-state index in [0.29, 0.717) is 31.4 Å². The maximum Gasteiger partial charge on any atom is 0.433 e. The average Bonchev–Trinajstić information content (AvgIpc) is 3.31. The molecule has 0 bridgehead atoms. The number of aromatic nitrogens is 1. The fourth-order valence-corrected chi connectivity index (χ4v) is 4.38. The second-order valence-corrected chi connectivity index (χ2v) is 9.04. The number of alkyl halides is 6. The van der Waals surface area contributed by atoms with E-state index in [-0.39, 0.29) is 33.7 Å². The minimum Gasteiger partial charge on any atom is -0.481 e. The number of furan rings is 1. The number of carboxylic acid groups (broad SMARTS) is 1. The Kier molecular flexibility index (Phi) is 7.94. The Bertz CT molecular complexity index is 1140. The van der Waals surface area contributed by atoms with Crippen molar-refractivity contribution in [1.82, 2.24) is 9.88 Å². The Morgan fingerprint density at radius 1 is 1.09 bits per heavy atom. The molecular formula is C21H16F6N2O4S2. The second kappa shape index (κ2) is 10.4. The first kappa shape index (κ1) is 26.7. The van der Waals surface area contributed by atoms with E-state index in [9.17, 15) is 35.9 Å². The summed E-state index contributed by atoms with van der Waals surface area (Å²) < 4.78 is 84.0. The van der Waals surface area contributed by atoms with Crippen LogP contribution in [-0.2, 0) is 21.9 Å². The van der Waals surface area contributed by atoms with E-state index in [2.05, 4.69) is 4.98 Å². The highest BCUT2D eigenvalue weighted by atomic mass is 32.2. The Balaban J connectivity index is 1.78. The van der Waals surface area contributed by atoms with Gasteiger partial charge in [-0.1, -0.05) is 30.4 Å². The van der Waals surface area contributed by atoms with Crippen molar-refractivity contribution in [2.45, 2.75) is 38.0 Å². The van der Waals surface area contributed by atoms with Gasteiger partial charge in [-0.05, 0) is 37.1 Å². The fraction of sp³-hybridized carbons (Fsp3) is 0.333. The van der Waals surface area contributed by atoms with Crippen LogP contribution >= 0.6 is 24.0 Å². The van der Waals surface area contributed by atoms with Gasteiger partial charge in [0.05, 0.1) is 4.91 Å². The molecule has 1 fully saturated rings. The number of carbonyl (C=O) groups excluding carboxylic acids is 1. The number of hydrogen-bond donors (Lipinski definition) is 1. The van der Waals surface area contributed by atoms with Gasteiger partial charge in [-0.2, -0.15) is 26.3 Å². The fourth-order valence-electron chi connectivity index (χ4n) is 3.09. The lowest BCUT2D eigenvalue weighted by atomic mass is 10.1. The number of pyridine rings is 1. The number of halogens is 6. The minimum absolute atomic E-state index is 0.0194. The molecule has 14 heteroatoms. The normalized spacial score (nSPS) is 15.9. The van der Waals surface area contributed by atoms with Crippen molar-refractivity contribution in [1.29, 1.82) is 0 Å². The van der Waals surface area contributed by atoms with E-state index < -0.39 is 41.2 Å². The molecule has 3 rings (SSSR count).